The number of aliphatic imine (C=N–C) groups is 1. The molecule has 0 radical (unpaired) electrons. The van der Waals surface area contributed by atoms with Gasteiger partial charge in [-0.2, -0.15) is 0 Å². The molecule has 1 saturated carbocycles. The van der Waals surface area contributed by atoms with Gasteiger partial charge in [-0.25, -0.2) is 9.79 Å². The fourth-order valence-electron chi connectivity index (χ4n) is 5.30. The van der Waals surface area contributed by atoms with E-state index >= 15 is 0 Å². The van der Waals surface area contributed by atoms with Crippen molar-refractivity contribution in [3.8, 4) is 0 Å². The number of carboxylic acids is 1. The van der Waals surface area contributed by atoms with Gasteiger partial charge in [0.15, 0.2) is 6.10 Å². The summed E-state index contributed by atoms with van der Waals surface area (Å²) in [7, 11) is 0. The molecule has 43 heavy (non-hydrogen) atoms. The molecule has 3 aromatic carbocycles. The average Bonchev–Trinajstić information content (AvgIpc) is 3.03. The Bertz CT molecular complexity index is 1370. The molecule has 9 nitrogen and oxygen atoms in total. The van der Waals surface area contributed by atoms with Crippen molar-refractivity contribution in [3.05, 3.63) is 100 Å². The van der Waals surface area contributed by atoms with Crippen molar-refractivity contribution >= 4 is 35.1 Å². The largest absolute Gasteiger partial charge is 0.479 e. The third-order valence-electron chi connectivity index (χ3n) is 7.79. The van der Waals surface area contributed by atoms with E-state index in [4.69, 9.17) is 22.4 Å². The molecule has 3 aromatic rings. The highest BCUT2D eigenvalue weighted by atomic mass is 35.5. The first-order chi connectivity index (χ1) is 20.7. The van der Waals surface area contributed by atoms with Gasteiger partial charge in [0, 0.05) is 16.3 Å². The first-order valence-electron chi connectivity index (χ1n) is 14.7. The van der Waals surface area contributed by atoms with Crippen molar-refractivity contribution < 1.29 is 19.8 Å². The van der Waals surface area contributed by atoms with Gasteiger partial charge in [-0.3, -0.25) is 4.79 Å². The number of rotatable bonds is 11. The van der Waals surface area contributed by atoms with Crippen LogP contribution in [0.25, 0.3) is 0 Å². The molecule has 0 aromatic heterocycles. The number of benzene rings is 3. The summed E-state index contributed by atoms with van der Waals surface area (Å²) in [6.45, 7) is 2.21. The van der Waals surface area contributed by atoms with Gasteiger partial charge in [-0.15, -0.1) is 0 Å². The molecule has 2 atom stereocenters. The number of guanidine groups is 1. The fraction of sp³-hybridized carbons (Fsp3) is 0.364. The van der Waals surface area contributed by atoms with Crippen molar-refractivity contribution in [3.63, 3.8) is 0 Å². The number of carboxylic acid groups (broad SMARTS) is 1. The van der Waals surface area contributed by atoms with E-state index in [0.717, 1.165) is 16.8 Å². The summed E-state index contributed by atoms with van der Waals surface area (Å²) in [5, 5.41) is 24.9. The van der Waals surface area contributed by atoms with Crippen molar-refractivity contribution in [1.29, 1.82) is 0 Å². The number of anilines is 1. The van der Waals surface area contributed by atoms with Crippen molar-refractivity contribution in [2.75, 3.05) is 18.1 Å². The van der Waals surface area contributed by atoms with Crippen LogP contribution in [-0.2, 0) is 11.3 Å². The highest BCUT2D eigenvalue weighted by Gasteiger charge is 2.20. The summed E-state index contributed by atoms with van der Waals surface area (Å²) in [6, 6.07) is 23.3. The molecular formula is C33H40ClN5O4. The molecule has 1 amide bonds. The summed E-state index contributed by atoms with van der Waals surface area (Å²) in [4.78, 5) is 30.0. The van der Waals surface area contributed by atoms with E-state index in [1.54, 1.807) is 12.1 Å². The van der Waals surface area contributed by atoms with Gasteiger partial charge in [0.05, 0.1) is 25.8 Å². The molecule has 4 rings (SSSR count). The first kappa shape index (κ1) is 32.0. The number of aliphatic carboxylic acids is 1. The molecule has 1 fully saturated rings. The SMILES string of the molecule is CC(N/C(=N/CN)N(Cc1ccc(C(=O)NC[C@@H](O)C(=O)O)cc1)c1ccc(C2CCCCC2)cc1)c1ccc(Cl)cc1. The number of halogens is 1. The van der Waals surface area contributed by atoms with E-state index in [1.165, 1.54) is 37.7 Å². The average molecular weight is 606 g/mol. The molecule has 10 heteroatoms. The van der Waals surface area contributed by atoms with E-state index < -0.39 is 18.0 Å². The van der Waals surface area contributed by atoms with Crippen molar-refractivity contribution in [1.82, 2.24) is 10.6 Å². The summed E-state index contributed by atoms with van der Waals surface area (Å²) >= 11 is 6.11. The summed E-state index contributed by atoms with van der Waals surface area (Å²) < 4.78 is 0. The number of carbonyl (C=O) groups excluding carboxylic acids is 1. The Morgan fingerprint density at radius 1 is 1.00 bits per heavy atom. The lowest BCUT2D eigenvalue weighted by molar-refractivity contribution is -0.146. The molecular weight excluding hydrogens is 566 g/mol. The van der Waals surface area contributed by atoms with Gasteiger partial charge >= 0.3 is 5.97 Å². The summed E-state index contributed by atoms with van der Waals surface area (Å²) in [5.41, 5.74) is 10.6. The summed E-state index contributed by atoms with van der Waals surface area (Å²) in [5.74, 6) is -0.658. The van der Waals surface area contributed by atoms with Crippen LogP contribution in [0.5, 0.6) is 0 Å². The first-order valence-corrected chi connectivity index (χ1v) is 15.0. The highest BCUT2D eigenvalue weighted by molar-refractivity contribution is 6.30. The van der Waals surface area contributed by atoms with E-state index in [2.05, 4.69) is 44.8 Å². The van der Waals surface area contributed by atoms with Crippen LogP contribution in [0.2, 0.25) is 5.02 Å². The van der Waals surface area contributed by atoms with Gasteiger partial charge in [0.25, 0.3) is 5.91 Å². The lowest BCUT2D eigenvalue weighted by Crippen LogP contribution is -2.43. The van der Waals surface area contributed by atoms with Gasteiger partial charge in [0.2, 0.25) is 5.96 Å². The number of nitrogens with zero attached hydrogens (tertiary/aromatic N) is 2. The predicted octanol–water partition coefficient (Wildman–Crippen LogP) is 5.19. The fourth-order valence-corrected chi connectivity index (χ4v) is 5.42. The van der Waals surface area contributed by atoms with Gasteiger partial charge in [0.1, 0.15) is 0 Å². The maximum Gasteiger partial charge on any atom is 0.334 e. The number of aliphatic hydroxyl groups is 1. The molecule has 0 bridgehead atoms. The normalized spacial score (nSPS) is 15.4. The molecule has 228 valence electrons. The van der Waals surface area contributed by atoms with Crippen LogP contribution in [0.4, 0.5) is 5.69 Å². The molecule has 0 heterocycles. The van der Waals surface area contributed by atoms with Gasteiger partial charge in [-0.1, -0.05) is 67.3 Å². The number of hydrogen-bond donors (Lipinski definition) is 5. The summed E-state index contributed by atoms with van der Waals surface area (Å²) in [6.07, 6.45) is 4.63. The van der Waals surface area contributed by atoms with E-state index in [1.807, 2.05) is 43.3 Å². The lowest BCUT2D eigenvalue weighted by atomic mass is 9.84. The Balaban J connectivity index is 1.57. The minimum absolute atomic E-state index is 0.0844. The lowest BCUT2D eigenvalue weighted by Gasteiger charge is -2.30. The number of nitrogens with one attached hydrogen (secondary N) is 2. The minimum Gasteiger partial charge on any atom is -0.479 e. The minimum atomic E-state index is -1.66. The quantitative estimate of drug-likeness (QED) is 0.150. The Hall–Kier alpha value is -3.92. The van der Waals surface area contributed by atoms with Crippen LogP contribution < -0.4 is 21.3 Å². The third kappa shape index (κ3) is 9.03. The zero-order chi connectivity index (χ0) is 30.8. The van der Waals surface area contributed by atoms with E-state index in [0.29, 0.717) is 29.0 Å². The molecule has 1 unspecified atom stereocenters. The van der Waals surface area contributed by atoms with Crippen LogP contribution in [-0.4, -0.2) is 47.4 Å². The Morgan fingerprint density at radius 3 is 2.26 bits per heavy atom. The Labute approximate surface area is 257 Å². The second kappa shape index (κ2) is 15.5. The van der Waals surface area contributed by atoms with Gasteiger partial charge in [-0.05, 0) is 78.8 Å². The number of nitrogens with two attached hydrogens (primary N) is 1. The Kier molecular flexibility index (Phi) is 11.6. The molecule has 1 aliphatic carbocycles. The van der Waals surface area contributed by atoms with Crippen LogP contribution >= 0.6 is 11.6 Å². The zero-order valence-electron chi connectivity index (χ0n) is 24.4. The van der Waals surface area contributed by atoms with Crippen LogP contribution in [0.15, 0.2) is 77.8 Å². The zero-order valence-corrected chi connectivity index (χ0v) is 25.1. The Morgan fingerprint density at radius 2 is 1.65 bits per heavy atom. The predicted molar refractivity (Wildman–Crippen MR) is 170 cm³/mol. The molecule has 0 aliphatic heterocycles. The number of hydrogen-bond acceptors (Lipinski definition) is 5. The van der Waals surface area contributed by atoms with E-state index in [-0.39, 0.29) is 19.3 Å². The van der Waals surface area contributed by atoms with E-state index in [9.17, 15) is 14.7 Å². The smallest absolute Gasteiger partial charge is 0.334 e. The topological polar surface area (TPSA) is 140 Å². The standard InChI is InChI=1S/C33H40ClN5O4/c1-22(24-11-15-28(34)16-12-24)38-33(37-21-35)39(29-17-13-26(14-18-29)25-5-3-2-4-6-25)20-23-7-9-27(10-8-23)31(41)36-19-30(40)32(42)43/h7-18,22,25,30,40H,2-6,19-21,35H2,1H3,(H,36,41)(H,37,38)(H,42,43)/t22?,30-/m1/s1. The number of aliphatic hydroxyl groups excluding tert-OH is 1. The third-order valence-corrected chi connectivity index (χ3v) is 8.04. The van der Waals surface area contributed by atoms with Gasteiger partial charge < -0.3 is 31.5 Å². The molecule has 6 N–H and O–H groups in total. The van der Waals surface area contributed by atoms with Crippen LogP contribution in [0, 0.1) is 0 Å². The molecule has 1 aliphatic rings. The second-order valence-corrected chi connectivity index (χ2v) is 11.3. The molecule has 0 saturated heterocycles. The van der Waals surface area contributed by atoms with Crippen LogP contribution in [0.1, 0.15) is 78.0 Å². The highest BCUT2D eigenvalue weighted by Crippen LogP contribution is 2.33. The van der Waals surface area contributed by atoms with Crippen LogP contribution in [0.3, 0.4) is 0 Å². The number of carbonyl (C=O) groups is 2. The number of amides is 1. The molecule has 0 spiro atoms. The second-order valence-electron chi connectivity index (χ2n) is 10.9. The van der Waals surface area contributed by atoms with Crippen molar-refractivity contribution in [2.24, 2.45) is 10.7 Å². The maximum absolute atomic E-state index is 12.5. The van der Waals surface area contributed by atoms with Crippen molar-refractivity contribution in [2.45, 2.75) is 63.6 Å². The monoisotopic (exact) mass is 605 g/mol. The maximum atomic E-state index is 12.5.